The van der Waals surface area contributed by atoms with Crippen LogP contribution in [0.4, 0.5) is 17.5 Å². The van der Waals surface area contributed by atoms with Crippen LogP contribution in [0.15, 0.2) is 24.4 Å². The number of rotatable bonds is 5. The third-order valence-electron chi connectivity index (χ3n) is 4.31. The Kier molecular flexibility index (Phi) is 4.89. The largest absolute Gasteiger partial charge is 0.351 e. The summed E-state index contributed by atoms with van der Waals surface area (Å²) in [5.74, 6) is 1.46. The highest BCUT2D eigenvalue weighted by Gasteiger charge is 2.32. The number of nitrogens with zero attached hydrogens (tertiary/aromatic N) is 4. The van der Waals surface area contributed by atoms with Gasteiger partial charge in [-0.05, 0) is 50.5 Å². The minimum absolute atomic E-state index is 0.0548. The lowest BCUT2D eigenvalue weighted by Crippen LogP contribution is -2.37. The summed E-state index contributed by atoms with van der Waals surface area (Å²) in [6.07, 6.45) is 2.21. The van der Waals surface area contributed by atoms with Crippen LogP contribution in [0.5, 0.6) is 0 Å². The van der Waals surface area contributed by atoms with Gasteiger partial charge in [0.25, 0.3) is 0 Å². The summed E-state index contributed by atoms with van der Waals surface area (Å²) in [7, 11) is -2.95. The number of aromatic nitrogens is 3. The Labute approximate surface area is 148 Å². The van der Waals surface area contributed by atoms with Gasteiger partial charge < -0.3 is 10.2 Å². The molecule has 0 aliphatic carbocycles. The van der Waals surface area contributed by atoms with Gasteiger partial charge in [-0.2, -0.15) is 10.1 Å². The highest BCUT2D eigenvalue weighted by molar-refractivity contribution is 7.91. The first-order chi connectivity index (χ1) is 11.9. The number of anilines is 3. The molecule has 3 rings (SSSR count). The maximum atomic E-state index is 11.8. The van der Waals surface area contributed by atoms with E-state index in [2.05, 4.69) is 26.6 Å². The molecule has 7 nitrogen and oxygen atoms in total. The molecule has 134 valence electrons. The smallest absolute Gasteiger partial charge is 0.249 e. The molecule has 0 bridgehead atoms. The predicted octanol–water partition coefficient (Wildman–Crippen LogP) is 2.25. The molecule has 0 saturated carbocycles. The van der Waals surface area contributed by atoms with E-state index in [1.165, 1.54) is 0 Å². The Morgan fingerprint density at radius 2 is 1.96 bits per heavy atom. The maximum Gasteiger partial charge on any atom is 0.249 e. The van der Waals surface area contributed by atoms with Crippen LogP contribution in [0.2, 0.25) is 0 Å². The molecular formula is C17H23N5O2S. The lowest BCUT2D eigenvalue weighted by Gasteiger charge is -2.27. The minimum atomic E-state index is -2.95. The first-order valence-corrected chi connectivity index (χ1v) is 10.2. The van der Waals surface area contributed by atoms with Crippen molar-refractivity contribution in [2.75, 3.05) is 28.3 Å². The van der Waals surface area contributed by atoms with Crippen molar-refractivity contribution in [2.24, 2.45) is 0 Å². The average Bonchev–Trinajstić information content (AvgIpc) is 2.87. The van der Waals surface area contributed by atoms with E-state index in [9.17, 15) is 8.42 Å². The monoisotopic (exact) mass is 361 g/mol. The van der Waals surface area contributed by atoms with E-state index in [4.69, 9.17) is 0 Å². The van der Waals surface area contributed by atoms with Gasteiger partial charge in [-0.1, -0.05) is 6.07 Å². The summed E-state index contributed by atoms with van der Waals surface area (Å²) in [5, 5.41) is 11.3. The molecule has 2 heterocycles. The van der Waals surface area contributed by atoms with Gasteiger partial charge in [0, 0.05) is 18.3 Å². The Hall–Kier alpha value is -2.22. The molecule has 0 radical (unpaired) electrons. The molecule has 1 aromatic heterocycles. The zero-order chi connectivity index (χ0) is 18.0. The topological polar surface area (TPSA) is 88.1 Å². The van der Waals surface area contributed by atoms with Crippen molar-refractivity contribution >= 4 is 27.3 Å². The standard InChI is InChI=1S/C17H23N5O2S/c1-4-22(15-5-6-25(23,24)11-15)16-10-18-21-17(20-16)19-14-8-12(2)7-13(3)9-14/h7-10,15H,4-6,11H2,1-3H3,(H,19,20,21). The van der Waals surface area contributed by atoms with Crippen molar-refractivity contribution in [3.05, 3.63) is 35.5 Å². The number of aryl methyl sites for hydroxylation is 2. The molecule has 0 spiro atoms. The molecule has 1 aliphatic heterocycles. The molecule has 1 aliphatic rings. The molecule has 1 N–H and O–H groups in total. The summed E-state index contributed by atoms with van der Waals surface area (Å²) in [6.45, 7) is 6.73. The molecule has 8 heteroatoms. The van der Waals surface area contributed by atoms with Gasteiger partial charge in [-0.25, -0.2) is 8.42 Å². The van der Waals surface area contributed by atoms with E-state index in [0.717, 1.165) is 16.8 Å². The summed E-state index contributed by atoms with van der Waals surface area (Å²) in [5.41, 5.74) is 3.21. The molecule has 1 saturated heterocycles. The van der Waals surface area contributed by atoms with E-state index in [-0.39, 0.29) is 17.5 Å². The predicted molar refractivity (Wildman–Crippen MR) is 99.1 cm³/mol. The molecule has 1 unspecified atom stereocenters. The second-order valence-corrected chi connectivity index (χ2v) is 8.71. The van der Waals surface area contributed by atoms with Gasteiger partial charge in [0.05, 0.1) is 17.7 Å². The Balaban J connectivity index is 1.82. The number of benzene rings is 1. The molecule has 0 amide bonds. The number of hydrogen-bond donors (Lipinski definition) is 1. The average molecular weight is 361 g/mol. The van der Waals surface area contributed by atoms with Gasteiger partial charge in [-0.3, -0.25) is 0 Å². The van der Waals surface area contributed by atoms with Crippen LogP contribution in [0.1, 0.15) is 24.5 Å². The van der Waals surface area contributed by atoms with Crippen LogP contribution in [-0.2, 0) is 9.84 Å². The van der Waals surface area contributed by atoms with Gasteiger partial charge in [0.2, 0.25) is 5.95 Å². The van der Waals surface area contributed by atoms with Crippen molar-refractivity contribution in [1.29, 1.82) is 0 Å². The van der Waals surface area contributed by atoms with Crippen LogP contribution < -0.4 is 10.2 Å². The fourth-order valence-corrected chi connectivity index (χ4v) is 5.02. The Bertz CT molecular complexity index is 849. The molecule has 1 fully saturated rings. The zero-order valence-corrected chi connectivity index (χ0v) is 15.5. The highest BCUT2D eigenvalue weighted by Crippen LogP contribution is 2.23. The summed E-state index contributed by atoms with van der Waals surface area (Å²) in [4.78, 5) is 6.53. The second kappa shape index (κ2) is 6.95. The van der Waals surface area contributed by atoms with Crippen molar-refractivity contribution in [3.63, 3.8) is 0 Å². The number of nitrogens with one attached hydrogen (secondary N) is 1. The zero-order valence-electron chi connectivity index (χ0n) is 14.7. The summed E-state index contributed by atoms with van der Waals surface area (Å²) < 4.78 is 23.6. The molecule has 1 aromatic carbocycles. The van der Waals surface area contributed by atoms with Crippen LogP contribution in [0.25, 0.3) is 0 Å². The van der Waals surface area contributed by atoms with Crippen molar-refractivity contribution in [3.8, 4) is 0 Å². The van der Waals surface area contributed by atoms with E-state index in [1.54, 1.807) is 6.20 Å². The first-order valence-electron chi connectivity index (χ1n) is 8.38. The highest BCUT2D eigenvalue weighted by atomic mass is 32.2. The van der Waals surface area contributed by atoms with Gasteiger partial charge in [0.1, 0.15) is 0 Å². The van der Waals surface area contributed by atoms with Crippen molar-refractivity contribution in [1.82, 2.24) is 15.2 Å². The minimum Gasteiger partial charge on any atom is -0.351 e. The van der Waals surface area contributed by atoms with Crippen molar-refractivity contribution in [2.45, 2.75) is 33.2 Å². The van der Waals surface area contributed by atoms with E-state index in [1.807, 2.05) is 37.8 Å². The van der Waals surface area contributed by atoms with E-state index < -0.39 is 9.84 Å². The maximum absolute atomic E-state index is 11.8. The first kappa shape index (κ1) is 17.6. The number of hydrogen-bond acceptors (Lipinski definition) is 7. The van der Waals surface area contributed by atoms with Gasteiger partial charge >= 0.3 is 0 Å². The lowest BCUT2D eigenvalue weighted by molar-refractivity contribution is 0.599. The molecule has 25 heavy (non-hydrogen) atoms. The fourth-order valence-electron chi connectivity index (χ4n) is 3.29. The fraction of sp³-hybridized carbons (Fsp3) is 0.471. The quantitative estimate of drug-likeness (QED) is 0.874. The summed E-state index contributed by atoms with van der Waals surface area (Å²) >= 11 is 0. The third-order valence-corrected chi connectivity index (χ3v) is 6.06. The molecular weight excluding hydrogens is 338 g/mol. The summed E-state index contributed by atoms with van der Waals surface area (Å²) in [6, 6.07) is 6.08. The van der Waals surface area contributed by atoms with E-state index in [0.29, 0.717) is 24.7 Å². The number of sulfone groups is 1. The van der Waals surface area contributed by atoms with Crippen LogP contribution in [-0.4, -0.2) is 47.7 Å². The van der Waals surface area contributed by atoms with E-state index >= 15 is 0 Å². The molecule has 1 atom stereocenters. The Morgan fingerprint density at radius 1 is 1.24 bits per heavy atom. The molecule has 2 aromatic rings. The third kappa shape index (κ3) is 4.25. The van der Waals surface area contributed by atoms with Crippen LogP contribution in [0.3, 0.4) is 0 Å². The second-order valence-electron chi connectivity index (χ2n) is 6.48. The van der Waals surface area contributed by atoms with Crippen LogP contribution >= 0.6 is 0 Å². The lowest BCUT2D eigenvalue weighted by atomic mass is 10.1. The van der Waals surface area contributed by atoms with Gasteiger partial charge in [-0.15, -0.1) is 5.10 Å². The van der Waals surface area contributed by atoms with Gasteiger partial charge in [0.15, 0.2) is 15.7 Å². The Morgan fingerprint density at radius 3 is 2.56 bits per heavy atom. The van der Waals surface area contributed by atoms with Crippen LogP contribution in [0, 0.1) is 13.8 Å². The SMILES string of the molecule is CCN(c1cnnc(Nc2cc(C)cc(C)c2)n1)C1CCS(=O)(=O)C1. The van der Waals surface area contributed by atoms with Crippen molar-refractivity contribution < 1.29 is 8.42 Å². The normalized spacial score (nSPS) is 18.9.